The highest BCUT2D eigenvalue weighted by atomic mass is 35.5. The lowest BCUT2D eigenvalue weighted by molar-refractivity contribution is 0.197. The van der Waals surface area contributed by atoms with Crippen LogP contribution in [0, 0.1) is 0 Å². The Balaban J connectivity index is 2.04. The molecule has 0 aromatic heterocycles. The fraction of sp³-hybridized carbons (Fsp3) is 0.385. The molecule has 0 unspecified atom stereocenters. The van der Waals surface area contributed by atoms with Gasteiger partial charge in [-0.1, -0.05) is 41.4 Å². The Kier molecular flexibility index (Phi) is 6.90. The van der Waals surface area contributed by atoms with Gasteiger partial charge in [-0.3, -0.25) is 0 Å². The van der Waals surface area contributed by atoms with Gasteiger partial charge in [-0.05, 0) is 31.9 Å². The van der Waals surface area contributed by atoms with Crippen molar-refractivity contribution >= 4 is 23.2 Å². The topological polar surface area (TPSA) is 18.5 Å². The van der Waals surface area contributed by atoms with Gasteiger partial charge < -0.3 is 9.47 Å². The summed E-state index contributed by atoms with van der Waals surface area (Å²) in [6.45, 7) is 3.04. The third-order valence-corrected chi connectivity index (χ3v) is 2.67. The van der Waals surface area contributed by atoms with E-state index in [-0.39, 0.29) is 4.49 Å². The Morgan fingerprint density at radius 3 is 2.35 bits per heavy atom. The predicted molar refractivity (Wildman–Crippen MR) is 71.5 cm³/mol. The van der Waals surface area contributed by atoms with Gasteiger partial charge in [0.15, 0.2) is 0 Å². The van der Waals surface area contributed by atoms with Crippen LogP contribution in [0.15, 0.2) is 40.6 Å². The van der Waals surface area contributed by atoms with E-state index in [1.165, 1.54) is 0 Å². The van der Waals surface area contributed by atoms with Crippen molar-refractivity contribution in [2.75, 3.05) is 13.2 Å². The van der Waals surface area contributed by atoms with Gasteiger partial charge in [0.25, 0.3) is 0 Å². The predicted octanol–water partition coefficient (Wildman–Crippen LogP) is 4.53. The average molecular weight is 275 g/mol. The molecular weight excluding hydrogens is 259 g/mol. The lowest BCUT2D eigenvalue weighted by Crippen LogP contribution is -2.00. The van der Waals surface area contributed by atoms with Crippen LogP contribution < -0.4 is 4.74 Å². The second-order valence-corrected chi connectivity index (χ2v) is 4.48. The van der Waals surface area contributed by atoms with Crippen molar-refractivity contribution in [2.24, 2.45) is 0 Å². The van der Waals surface area contributed by atoms with Gasteiger partial charge >= 0.3 is 0 Å². The van der Waals surface area contributed by atoms with Crippen molar-refractivity contribution in [3.8, 4) is 5.75 Å². The summed E-state index contributed by atoms with van der Waals surface area (Å²) in [5.74, 6) is 1.46. The number of para-hydroxylation sites is 1. The first kappa shape index (κ1) is 14.2. The number of rotatable bonds is 7. The van der Waals surface area contributed by atoms with Crippen LogP contribution in [-0.2, 0) is 4.74 Å². The largest absolute Gasteiger partial charge is 0.496 e. The van der Waals surface area contributed by atoms with E-state index in [0.29, 0.717) is 19.0 Å². The maximum atomic E-state index is 5.54. The molecule has 0 bridgehead atoms. The molecule has 0 aliphatic carbocycles. The molecule has 2 nitrogen and oxygen atoms in total. The molecule has 17 heavy (non-hydrogen) atoms. The monoisotopic (exact) mass is 274 g/mol. The zero-order valence-corrected chi connectivity index (χ0v) is 11.3. The smallest absolute Gasteiger partial charge is 0.144 e. The minimum Gasteiger partial charge on any atom is -0.496 e. The zero-order valence-electron chi connectivity index (χ0n) is 9.79. The van der Waals surface area contributed by atoms with Crippen molar-refractivity contribution < 1.29 is 9.47 Å². The molecule has 0 amide bonds. The summed E-state index contributed by atoms with van der Waals surface area (Å²) in [5.41, 5.74) is 0. The highest BCUT2D eigenvalue weighted by Gasteiger charge is 1.97. The Morgan fingerprint density at radius 2 is 1.71 bits per heavy atom. The second kappa shape index (κ2) is 8.26. The van der Waals surface area contributed by atoms with Gasteiger partial charge in [0.05, 0.1) is 13.2 Å². The third-order valence-electron chi connectivity index (χ3n) is 2.14. The molecule has 4 heteroatoms. The number of benzene rings is 1. The molecule has 0 aliphatic heterocycles. The van der Waals surface area contributed by atoms with Crippen molar-refractivity contribution in [1.82, 2.24) is 0 Å². The summed E-state index contributed by atoms with van der Waals surface area (Å²) in [4.78, 5) is 0. The van der Waals surface area contributed by atoms with Gasteiger partial charge in [-0.15, -0.1) is 0 Å². The van der Waals surface area contributed by atoms with Crippen molar-refractivity contribution in [3.63, 3.8) is 0 Å². The Morgan fingerprint density at radius 1 is 1.06 bits per heavy atom. The van der Waals surface area contributed by atoms with E-state index >= 15 is 0 Å². The number of unbranched alkanes of at least 4 members (excludes halogenated alkanes) is 1. The number of hydrogen-bond acceptors (Lipinski definition) is 2. The molecule has 0 heterocycles. The van der Waals surface area contributed by atoms with Crippen molar-refractivity contribution in [1.29, 1.82) is 0 Å². The Hall–Kier alpha value is -0.860. The number of ether oxygens (including phenoxy) is 2. The quantitative estimate of drug-likeness (QED) is 0.537. The minimum absolute atomic E-state index is 0.186. The van der Waals surface area contributed by atoms with Crippen LogP contribution in [0.3, 0.4) is 0 Å². The van der Waals surface area contributed by atoms with E-state index in [2.05, 4.69) is 0 Å². The molecular formula is C13H16Cl2O2. The molecule has 0 spiro atoms. The molecule has 0 radical (unpaired) electrons. The van der Waals surface area contributed by atoms with Crippen molar-refractivity contribution in [3.05, 3.63) is 40.6 Å². The highest BCUT2D eigenvalue weighted by molar-refractivity contribution is 6.56. The molecule has 1 rings (SSSR count). The van der Waals surface area contributed by atoms with Gasteiger partial charge in [0.1, 0.15) is 16.0 Å². The van der Waals surface area contributed by atoms with Crippen LogP contribution in [0.1, 0.15) is 19.8 Å². The first-order chi connectivity index (χ1) is 8.20. The normalized spacial score (nSPS) is 9.82. The summed E-state index contributed by atoms with van der Waals surface area (Å²) in [6, 6.07) is 9.75. The molecule has 0 saturated heterocycles. The van der Waals surface area contributed by atoms with E-state index in [1.807, 2.05) is 30.3 Å². The molecule has 0 fully saturated rings. The third kappa shape index (κ3) is 6.44. The van der Waals surface area contributed by atoms with Crippen LogP contribution in [0.5, 0.6) is 5.75 Å². The molecule has 94 valence electrons. The summed E-state index contributed by atoms with van der Waals surface area (Å²) >= 11 is 11.1. The standard InChI is InChI=1S/C13H16Cl2O2/c1-11(13(14)15)16-9-5-6-10-17-12-7-3-2-4-8-12/h2-4,7-8H,5-6,9-10H2,1H3. The lowest BCUT2D eigenvalue weighted by atomic mass is 10.3. The van der Waals surface area contributed by atoms with Crippen LogP contribution in [0.25, 0.3) is 0 Å². The number of allylic oxidation sites excluding steroid dienone is 1. The van der Waals surface area contributed by atoms with Crippen LogP contribution >= 0.6 is 23.2 Å². The van der Waals surface area contributed by atoms with Crippen LogP contribution in [-0.4, -0.2) is 13.2 Å². The first-order valence-corrected chi connectivity index (χ1v) is 6.28. The Labute approximate surface area is 112 Å². The molecule has 0 saturated carbocycles. The summed E-state index contributed by atoms with van der Waals surface area (Å²) in [7, 11) is 0. The molecule has 0 aliphatic rings. The van der Waals surface area contributed by atoms with E-state index in [4.69, 9.17) is 32.7 Å². The SMILES string of the molecule is CC(OCCCCOc1ccccc1)=C(Cl)Cl. The summed E-state index contributed by atoms with van der Waals surface area (Å²) in [6.07, 6.45) is 1.84. The second-order valence-electron chi connectivity index (χ2n) is 3.53. The van der Waals surface area contributed by atoms with Crippen molar-refractivity contribution in [2.45, 2.75) is 19.8 Å². The van der Waals surface area contributed by atoms with Crippen LogP contribution in [0.4, 0.5) is 0 Å². The average Bonchev–Trinajstić information content (AvgIpc) is 2.34. The maximum absolute atomic E-state index is 5.54. The van der Waals surface area contributed by atoms with E-state index in [1.54, 1.807) is 6.92 Å². The minimum atomic E-state index is 0.186. The molecule has 1 aromatic rings. The molecule has 1 aromatic carbocycles. The van der Waals surface area contributed by atoms with Gasteiger partial charge in [-0.25, -0.2) is 0 Å². The number of halogens is 2. The summed E-state index contributed by atoms with van der Waals surface area (Å²) < 4.78 is 11.0. The highest BCUT2D eigenvalue weighted by Crippen LogP contribution is 2.14. The van der Waals surface area contributed by atoms with Gasteiger partial charge in [0, 0.05) is 0 Å². The van der Waals surface area contributed by atoms with Crippen LogP contribution in [0.2, 0.25) is 0 Å². The number of hydrogen-bond donors (Lipinski definition) is 0. The first-order valence-electron chi connectivity index (χ1n) is 5.52. The molecule has 0 N–H and O–H groups in total. The fourth-order valence-electron chi connectivity index (χ4n) is 1.19. The van der Waals surface area contributed by atoms with Gasteiger partial charge in [-0.2, -0.15) is 0 Å². The Bertz CT molecular complexity index is 346. The lowest BCUT2D eigenvalue weighted by Gasteiger charge is -2.07. The maximum Gasteiger partial charge on any atom is 0.144 e. The molecule has 0 atom stereocenters. The summed E-state index contributed by atoms with van der Waals surface area (Å²) in [5, 5.41) is 0. The zero-order chi connectivity index (χ0) is 12.5. The van der Waals surface area contributed by atoms with E-state index < -0.39 is 0 Å². The fourth-order valence-corrected chi connectivity index (χ4v) is 1.30. The van der Waals surface area contributed by atoms with Gasteiger partial charge in [0.2, 0.25) is 0 Å². The van der Waals surface area contributed by atoms with E-state index in [9.17, 15) is 0 Å². The van der Waals surface area contributed by atoms with E-state index in [0.717, 1.165) is 18.6 Å².